The Morgan fingerprint density at radius 2 is 2.00 bits per heavy atom. The van der Waals surface area contributed by atoms with Crippen LogP contribution in [0, 0.1) is 0 Å². The molecule has 1 saturated heterocycles. The van der Waals surface area contributed by atoms with Gasteiger partial charge in [0.05, 0.1) is 11.9 Å². The highest BCUT2D eigenvalue weighted by atomic mass is 16.2. The number of nitrogen functional groups attached to an aromatic ring is 1. The normalized spacial score (nSPS) is 16.5. The summed E-state index contributed by atoms with van der Waals surface area (Å²) < 4.78 is 0. The lowest BCUT2D eigenvalue weighted by atomic mass is 10.2. The molecule has 2 N–H and O–H groups in total. The number of nitrogens with two attached hydrogens (primary N) is 1. The van der Waals surface area contributed by atoms with Gasteiger partial charge in [-0.05, 0) is 13.0 Å². The molecule has 0 aromatic carbocycles. The fourth-order valence-corrected chi connectivity index (χ4v) is 2.49. The SMILES string of the molecule is CCCN1CCN(C(=O)c2nc(C(C)C)ncc2N)CC1. The first kappa shape index (κ1) is 15.7. The quantitative estimate of drug-likeness (QED) is 0.906. The molecular formula is C15H25N5O. The Balaban J connectivity index is 2.08. The molecule has 0 aliphatic carbocycles. The van der Waals surface area contributed by atoms with Crippen LogP contribution in [-0.2, 0) is 0 Å². The molecule has 0 unspecified atom stereocenters. The van der Waals surface area contributed by atoms with Gasteiger partial charge in [0.2, 0.25) is 0 Å². The average molecular weight is 291 g/mol. The highest BCUT2D eigenvalue weighted by molar-refractivity contribution is 5.97. The molecule has 1 amide bonds. The van der Waals surface area contributed by atoms with E-state index in [9.17, 15) is 4.79 Å². The molecule has 0 saturated carbocycles. The van der Waals surface area contributed by atoms with E-state index in [0.717, 1.165) is 39.1 Å². The van der Waals surface area contributed by atoms with E-state index < -0.39 is 0 Å². The van der Waals surface area contributed by atoms with Crippen LogP contribution in [0.4, 0.5) is 5.69 Å². The lowest BCUT2D eigenvalue weighted by Crippen LogP contribution is -2.49. The van der Waals surface area contributed by atoms with E-state index in [0.29, 0.717) is 17.2 Å². The van der Waals surface area contributed by atoms with Crippen LogP contribution in [0.1, 0.15) is 49.4 Å². The number of aromatic nitrogens is 2. The van der Waals surface area contributed by atoms with Crippen molar-refractivity contribution in [3.8, 4) is 0 Å². The van der Waals surface area contributed by atoms with E-state index in [1.54, 1.807) is 6.20 Å². The number of hydrogen-bond acceptors (Lipinski definition) is 5. The van der Waals surface area contributed by atoms with Crippen LogP contribution >= 0.6 is 0 Å². The number of carbonyl (C=O) groups excluding carboxylic acids is 1. The van der Waals surface area contributed by atoms with E-state index in [1.165, 1.54) is 0 Å². The Morgan fingerprint density at radius 3 is 2.57 bits per heavy atom. The molecule has 0 radical (unpaired) electrons. The fourth-order valence-electron chi connectivity index (χ4n) is 2.49. The lowest BCUT2D eigenvalue weighted by molar-refractivity contribution is 0.0632. The second kappa shape index (κ2) is 6.85. The minimum absolute atomic E-state index is 0.0760. The van der Waals surface area contributed by atoms with Gasteiger partial charge in [-0.2, -0.15) is 0 Å². The minimum atomic E-state index is -0.0760. The summed E-state index contributed by atoms with van der Waals surface area (Å²) in [5, 5.41) is 0. The largest absolute Gasteiger partial charge is 0.396 e. The van der Waals surface area contributed by atoms with Crippen molar-refractivity contribution in [2.45, 2.75) is 33.1 Å². The summed E-state index contributed by atoms with van der Waals surface area (Å²) in [4.78, 5) is 25.4. The number of carbonyl (C=O) groups is 1. The molecule has 6 heteroatoms. The van der Waals surface area contributed by atoms with Gasteiger partial charge in [-0.1, -0.05) is 20.8 Å². The van der Waals surface area contributed by atoms with E-state index in [4.69, 9.17) is 5.73 Å². The van der Waals surface area contributed by atoms with Gasteiger partial charge in [0, 0.05) is 32.1 Å². The molecule has 0 spiro atoms. The summed E-state index contributed by atoms with van der Waals surface area (Å²) in [7, 11) is 0. The van der Waals surface area contributed by atoms with Crippen LogP contribution in [-0.4, -0.2) is 58.4 Å². The van der Waals surface area contributed by atoms with Gasteiger partial charge in [-0.3, -0.25) is 9.69 Å². The summed E-state index contributed by atoms with van der Waals surface area (Å²) in [6.07, 6.45) is 2.69. The maximum absolute atomic E-state index is 12.6. The number of nitrogens with zero attached hydrogens (tertiary/aromatic N) is 4. The Morgan fingerprint density at radius 1 is 1.33 bits per heavy atom. The third kappa shape index (κ3) is 3.69. The maximum atomic E-state index is 12.6. The smallest absolute Gasteiger partial charge is 0.274 e. The molecule has 0 bridgehead atoms. The van der Waals surface area contributed by atoms with Crippen LogP contribution in [0.3, 0.4) is 0 Å². The van der Waals surface area contributed by atoms with Crippen LogP contribution in [0.15, 0.2) is 6.20 Å². The van der Waals surface area contributed by atoms with Gasteiger partial charge in [-0.25, -0.2) is 9.97 Å². The standard InChI is InChI=1S/C15H25N5O/c1-4-5-19-6-8-20(9-7-19)15(21)13-12(16)10-17-14(18-13)11(2)3/h10-11H,4-9,16H2,1-3H3. The topological polar surface area (TPSA) is 75.3 Å². The van der Waals surface area contributed by atoms with Crippen LogP contribution in [0.25, 0.3) is 0 Å². The van der Waals surface area contributed by atoms with Gasteiger partial charge in [0.1, 0.15) is 5.82 Å². The summed E-state index contributed by atoms with van der Waals surface area (Å²) in [6, 6.07) is 0. The van der Waals surface area contributed by atoms with Crippen molar-refractivity contribution >= 4 is 11.6 Å². The lowest BCUT2D eigenvalue weighted by Gasteiger charge is -2.34. The van der Waals surface area contributed by atoms with Crippen molar-refractivity contribution in [2.75, 3.05) is 38.5 Å². The number of anilines is 1. The molecular weight excluding hydrogens is 266 g/mol. The van der Waals surface area contributed by atoms with Gasteiger partial charge in [0.25, 0.3) is 5.91 Å². The molecule has 1 aromatic heterocycles. The zero-order valence-corrected chi connectivity index (χ0v) is 13.2. The second-order valence-electron chi connectivity index (χ2n) is 5.82. The van der Waals surface area contributed by atoms with Gasteiger partial charge in [-0.15, -0.1) is 0 Å². The molecule has 1 aliphatic rings. The summed E-state index contributed by atoms with van der Waals surface area (Å²) in [5.74, 6) is 0.767. The molecule has 21 heavy (non-hydrogen) atoms. The Labute approximate surface area is 126 Å². The van der Waals surface area contributed by atoms with Gasteiger partial charge in [0.15, 0.2) is 5.69 Å². The number of amides is 1. The highest BCUT2D eigenvalue weighted by Crippen LogP contribution is 2.16. The van der Waals surface area contributed by atoms with Crippen LogP contribution in [0.2, 0.25) is 0 Å². The molecule has 2 rings (SSSR count). The fraction of sp³-hybridized carbons (Fsp3) is 0.667. The predicted molar refractivity (Wildman–Crippen MR) is 83.2 cm³/mol. The zero-order chi connectivity index (χ0) is 15.4. The molecule has 6 nitrogen and oxygen atoms in total. The first-order valence-electron chi connectivity index (χ1n) is 7.67. The van der Waals surface area contributed by atoms with Crippen molar-refractivity contribution in [3.63, 3.8) is 0 Å². The van der Waals surface area contributed by atoms with Crippen LogP contribution in [0.5, 0.6) is 0 Å². The Hall–Kier alpha value is -1.69. The van der Waals surface area contributed by atoms with Crippen molar-refractivity contribution in [2.24, 2.45) is 0 Å². The number of piperazine rings is 1. The molecule has 1 aromatic rings. The van der Waals surface area contributed by atoms with Crippen molar-refractivity contribution in [3.05, 3.63) is 17.7 Å². The maximum Gasteiger partial charge on any atom is 0.274 e. The summed E-state index contributed by atoms with van der Waals surface area (Å²) >= 11 is 0. The molecule has 116 valence electrons. The van der Waals surface area contributed by atoms with E-state index in [-0.39, 0.29) is 11.8 Å². The average Bonchev–Trinajstić information content (AvgIpc) is 2.48. The first-order chi connectivity index (χ1) is 10.0. The van der Waals surface area contributed by atoms with E-state index >= 15 is 0 Å². The third-order valence-electron chi connectivity index (χ3n) is 3.75. The van der Waals surface area contributed by atoms with Gasteiger partial charge < -0.3 is 10.6 Å². The highest BCUT2D eigenvalue weighted by Gasteiger charge is 2.24. The van der Waals surface area contributed by atoms with Crippen molar-refractivity contribution in [1.82, 2.24) is 19.8 Å². The number of rotatable bonds is 4. The molecule has 1 aliphatic heterocycles. The molecule has 1 fully saturated rings. The Bertz CT molecular complexity index is 495. The van der Waals surface area contributed by atoms with Gasteiger partial charge >= 0.3 is 0 Å². The molecule has 2 heterocycles. The van der Waals surface area contributed by atoms with Crippen LogP contribution < -0.4 is 5.73 Å². The van der Waals surface area contributed by atoms with E-state index in [1.807, 2.05) is 18.7 Å². The molecule has 0 atom stereocenters. The second-order valence-corrected chi connectivity index (χ2v) is 5.82. The third-order valence-corrected chi connectivity index (χ3v) is 3.75. The Kier molecular flexibility index (Phi) is 5.12. The van der Waals surface area contributed by atoms with Crippen molar-refractivity contribution < 1.29 is 4.79 Å². The first-order valence-corrected chi connectivity index (χ1v) is 7.67. The van der Waals surface area contributed by atoms with Crippen molar-refractivity contribution in [1.29, 1.82) is 0 Å². The summed E-state index contributed by atoms with van der Waals surface area (Å²) in [5.41, 5.74) is 6.60. The minimum Gasteiger partial charge on any atom is -0.396 e. The zero-order valence-electron chi connectivity index (χ0n) is 13.2. The monoisotopic (exact) mass is 291 g/mol. The van der Waals surface area contributed by atoms with E-state index in [2.05, 4.69) is 21.8 Å². The predicted octanol–water partition coefficient (Wildman–Crippen LogP) is 1.35. The summed E-state index contributed by atoms with van der Waals surface area (Å²) in [6.45, 7) is 10.6. The number of hydrogen-bond donors (Lipinski definition) is 1.